The fraction of sp³-hybridized carbons (Fsp3) is 0.500. The molecule has 0 aliphatic carbocycles. The second-order valence-corrected chi connectivity index (χ2v) is 8.95. The van der Waals surface area contributed by atoms with Gasteiger partial charge in [0.05, 0.1) is 4.90 Å². The van der Waals surface area contributed by atoms with Crippen LogP contribution in [0.2, 0.25) is 0 Å². The molecule has 1 aliphatic heterocycles. The second-order valence-electron chi connectivity index (χ2n) is 6.03. The largest absolute Gasteiger partial charge is 0.352 e. The molecular weight excluding hydrogens is 395 g/mol. The van der Waals surface area contributed by atoms with Crippen molar-refractivity contribution in [2.45, 2.75) is 17.4 Å². The van der Waals surface area contributed by atoms with Crippen LogP contribution in [0.4, 0.5) is 9.18 Å². The highest BCUT2D eigenvalue weighted by molar-refractivity contribution is 7.98. The van der Waals surface area contributed by atoms with Crippen molar-refractivity contribution in [3.63, 3.8) is 0 Å². The van der Waals surface area contributed by atoms with E-state index in [0.29, 0.717) is 12.2 Å². The summed E-state index contributed by atoms with van der Waals surface area (Å²) >= 11 is 1.55. The molecule has 2 rings (SSSR count). The molecule has 1 heterocycles. The Bertz CT molecular complexity index is 765. The Labute approximate surface area is 162 Å². The molecule has 0 aromatic heterocycles. The Hall–Kier alpha value is -1.85. The van der Waals surface area contributed by atoms with E-state index in [2.05, 4.69) is 5.32 Å². The van der Waals surface area contributed by atoms with Crippen LogP contribution in [0.1, 0.15) is 6.42 Å². The lowest BCUT2D eigenvalue weighted by Crippen LogP contribution is -2.56. The minimum atomic E-state index is -3.75. The molecule has 3 N–H and O–H groups in total. The predicted octanol–water partition coefficient (Wildman–Crippen LogP) is 0.449. The number of carbonyl (C=O) groups is 2. The van der Waals surface area contributed by atoms with Crippen molar-refractivity contribution in [2.24, 2.45) is 5.73 Å². The van der Waals surface area contributed by atoms with E-state index >= 15 is 0 Å². The first-order valence-corrected chi connectivity index (χ1v) is 11.2. The van der Waals surface area contributed by atoms with Gasteiger partial charge < -0.3 is 16.0 Å². The summed E-state index contributed by atoms with van der Waals surface area (Å²) in [5.41, 5.74) is 5.14. The SMILES string of the molecule is CSCC[C@H](NC(N)=O)C(=O)N1CCN(S(=O)(=O)c2ccc(F)cc2)CC1. The minimum absolute atomic E-state index is 0.0110. The first-order valence-electron chi connectivity index (χ1n) is 8.35. The van der Waals surface area contributed by atoms with E-state index in [1.165, 1.54) is 21.3 Å². The van der Waals surface area contributed by atoms with Crippen molar-refractivity contribution >= 4 is 33.7 Å². The van der Waals surface area contributed by atoms with Crippen LogP contribution in [0.5, 0.6) is 0 Å². The van der Waals surface area contributed by atoms with Gasteiger partial charge >= 0.3 is 6.03 Å². The number of benzene rings is 1. The van der Waals surface area contributed by atoms with Crippen molar-refractivity contribution in [1.82, 2.24) is 14.5 Å². The van der Waals surface area contributed by atoms with E-state index in [4.69, 9.17) is 5.73 Å². The average molecular weight is 419 g/mol. The zero-order valence-corrected chi connectivity index (χ0v) is 16.6. The molecule has 1 fully saturated rings. The summed E-state index contributed by atoms with van der Waals surface area (Å²) in [5, 5.41) is 2.45. The van der Waals surface area contributed by atoms with Crippen LogP contribution in [0.15, 0.2) is 29.2 Å². The number of primary amides is 1. The average Bonchev–Trinajstić information content (AvgIpc) is 2.64. The van der Waals surface area contributed by atoms with Crippen molar-refractivity contribution in [1.29, 1.82) is 0 Å². The van der Waals surface area contributed by atoms with Gasteiger partial charge in [-0.05, 0) is 42.7 Å². The summed E-state index contributed by atoms with van der Waals surface area (Å²) in [7, 11) is -3.75. The van der Waals surface area contributed by atoms with E-state index in [0.717, 1.165) is 12.1 Å². The van der Waals surface area contributed by atoms with Crippen LogP contribution in [0.25, 0.3) is 0 Å². The first kappa shape index (κ1) is 21.5. The Morgan fingerprint density at radius 3 is 2.33 bits per heavy atom. The standard InChI is InChI=1S/C16H23FN4O4S2/c1-26-11-6-14(19-16(18)23)15(22)20-7-9-21(10-8-20)27(24,25)13-4-2-12(17)3-5-13/h2-5,14H,6-11H2,1H3,(H3,18,19,23)/t14-/m0/s1. The lowest BCUT2D eigenvalue weighted by atomic mass is 10.2. The van der Waals surface area contributed by atoms with Gasteiger partial charge in [-0.15, -0.1) is 0 Å². The number of rotatable bonds is 7. The third kappa shape index (κ3) is 5.56. The number of urea groups is 1. The molecule has 150 valence electrons. The summed E-state index contributed by atoms with van der Waals surface area (Å²) in [6.07, 6.45) is 2.34. The van der Waals surface area contributed by atoms with Gasteiger partial charge in [0.2, 0.25) is 15.9 Å². The van der Waals surface area contributed by atoms with Gasteiger partial charge in [-0.2, -0.15) is 16.1 Å². The summed E-state index contributed by atoms with van der Waals surface area (Å²) in [6.45, 7) is 0.652. The number of nitrogens with zero attached hydrogens (tertiary/aromatic N) is 2. The lowest BCUT2D eigenvalue weighted by molar-refractivity contribution is -0.134. The first-order chi connectivity index (χ1) is 12.8. The molecule has 0 saturated carbocycles. The van der Waals surface area contributed by atoms with E-state index in [9.17, 15) is 22.4 Å². The number of nitrogens with two attached hydrogens (primary N) is 1. The van der Waals surface area contributed by atoms with Crippen LogP contribution in [-0.4, -0.2) is 73.8 Å². The monoisotopic (exact) mass is 418 g/mol. The number of carbonyl (C=O) groups excluding carboxylic acids is 2. The normalized spacial score (nSPS) is 16.7. The zero-order chi connectivity index (χ0) is 20.0. The van der Waals surface area contributed by atoms with Gasteiger partial charge in [-0.25, -0.2) is 17.6 Å². The Morgan fingerprint density at radius 2 is 1.81 bits per heavy atom. The molecule has 3 amide bonds. The fourth-order valence-corrected chi connectivity index (χ4v) is 4.68. The van der Waals surface area contributed by atoms with Crippen molar-refractivity contribution < 1.29 is 22.4 Å². The highest BCUT2D eigenvalue weighted by Crippen LogP contribution is 2.18. The van der Waals surface area contributed by atoms with Crippen LogP contribution in [0.3, 0.4) is 0 Å². The molecule has 0 unspecified atom stereocenters. The van der Waals surface area contributed by atoms with Gasteiger partial charge in [0.25, 0.3) is 0 Å². The van der Waals surface area contributed by atoms with E-state index in [-0.39, 0.29) is 37.0 Å². The van der Waals surface area contributed by atoms with E-state index in [1.54, 1.807) is 11.8 Å². The smallest absolute Gasteiger partial charge is 0.312 e. The molecule has 1 aromatic carbocycles. The minimum Gasteiger partial charge on any atom is -0.352 e. The topological polar surface area (TPSA) is 113 Å². The molecule has 8 nitrogen and oxygen atoms in total. The van der Waals surface area contributed by atoms with Gasteiger partial charge in [-0.1, -0.05) is 0 Å². The summed E-state index contributed by atoms with van der Waals surface area (Å²) in [4.78, 5) is 25.3. The van der Waals surface area contributed by atoms with Gasteiger partial charge in [0.1, 0.15) is 11.9 Å². The van der Waals surface area contributed by atoms with Crippen LogP contribution >= 0.6 is 11.8 Å². The molecule has 1 saturated heterocycles. The van der Waals surface area contributed by atoms with Gasteiger partial charge in [0.15, 0.2) is 0 Å². The molecule has 0 spiro atoms. The van der Waals surface area contributed by atoms with E-state index < -0.39 is 27.9 Å². The number of sulfonamides is 1. The highest BCUT2D eigenvalue weighted by atomic mass is 32.2. The Balaban J connectivity index is 2.01. The molecule has 1 atom stereocenters. The number of thioether (sulfide) groups is 1. The molecule has 27 heavy (non-hydrogen) atoms. The predicted molar refractivity (Wildman–Crippen MR) is 101 cm³/mol. The van der Waals surface area contributed by atoms with Crippen LogP contribution < -0.4 is 11.1 Å². The number of halogens is 1. The third-order valence-corrected chi connectivity index (χ3v) is 6.78. The summed E-state index contributed by atoms with van der Waals surface area (Å²) in [5.74, 6) is -0.112. The lowest BCUT2D eigenvalue weighted by Gasteiger charge is -2.35. The number of amides is 3. The molecule has 11 heteroatoms. The Kier molecular flexibility index (Phi) is 7.45. The molecule has 0 bridgehead atoms. The molecule has 1 aliphatic rings. The summed E-state index contributed by atoms with van der Waals surface area (Å²) in [6, 6.07) is 3.13. The van der Waals surface area contributed by atoms with Crippen LogP contribution in [-0.2, 0) is 14.8 Å². The number of hydrogen-bond acceptors (Lipinski definition) is 5. The number of piperazine rings is 1. The zero-order valence-electron chi connectivity index (χ0n) is 14.9. The maximum Gasteiger partial charge on any atom is 0.312 e. The van der Waals surface area contributed by atoms with Crippen molar-refractivity contribution in [3.8, 4) is 0 Å². The maximum absolute atomic E-state index is 13.0. The van der Waals surface area contributed by atoms with Gasteiger partial charge in [0, 0.05) is 26.2 Å². The number of hydrogen-bond donors (Lipinski definition) is 2. The van der Waals surface area contributed by atoms with Crippen molar-refractivity contribution in [3.05, 3.63) is 30.1 Å². The fourth-order valence-electron chi connectivity index (χ4n) is 2.79. The third-order valence-electron chi connectivity index (χ3n) is 4.23. The molecule has 1 aromatic rings. The molecule has 0 radical (unpaired) electrons. The van der Waals surface area contributed by atoms with Crippen molar-refractivity contribution in [2.75, 3.05) is 38.2 Å². The number of nitrogens with one attached hydrogen (secondary N) is 1. The second kappa shape index (κ2) is 9.38. The maximum atomic E-state index is 13.0. The highest BCUT2D eigenvalue weighted by Gasteiger charge is 2.32. The Morgan fingerprint density at radius 1 is 1.22 bits per heavy atom. The summed E-state index contributed by atoms with van der Waals surface area (Å²) < 4.78 is 39.5. The quantitative estimate of drug-likeness (QED) is 0.668. The molecular formula is C16H23FN4O4S2. The van der Waals surface area contributed by atoms with Crippen LogP contribution in [0, 0.1) is 5.82 Å². The van der Waals surface area contributed by atoms with E-state index in [1.807, 2.05) is 6.26 Å². The van der Waals surface area contributed by atoms with Gasteiger partial charge in [-0.3, -0.25) is 4.79 Å².